The van der Waals surface area contributed by atoms with E-state index in [1.807, 2.05) is 16.8 Å². The Labute approximate surface area is 235 Å². The molecule has 4 aromatic rings. The summed E-state index contributed by atoms with van der Waals surface area (Å²) in [6.07, 6.45) is 8.07. The van der Waals surface area contributed by atoms with Crippen LogP contribution in [0.25, 0.3) is 17.0 Å². The molecular weight excluding hydrogens is 530 g/mol. The Morgan fingerprint density at radius 2 is 1.68 bits per heavy atom. The van der Waals surface area contributed by atoms with Crippen molar-refractivity contribution in [2.75, 3.05) is 55.3 Å². The molecule has 2 saturated heterocycles. The van der Waals surface area contributed by atoms with E-state index in [1.165, 1.54) is 11.9 Å². The second-order valence-electron chi connectivity index (χ2n) is 9.64. The van der Waals surface area contributed by atoms with Gasteiger partial charge in [-0.2, -0.15) is 0 Å². The first-order valence-electron chi connectivity index (χ1n) is 13.1. The van der Waals surface area contributed by atoms with Gasteiger partial charge in [0.2, 0.25) is 0 Å². The van der Waals surface area contributed by atoms with Gasteiger partial charge in [-0.3, -0.25) is 19.5 Å². The molecule has 1 aromatic carbocycles. The zero-order valence-corrected chi connectivity index (χ0v) is 22.3. The number of carboxylic acid groups (broad SMARTS) is 2. The van der Waals surface area contributed by atoms with Gasteiger partial charge in [-0.15, -0.1) is 0 Å². The average molecular weight is 562 g/mol. The summed E-state index contributed by atoms with van der Waals surface area (Å²) in [5.41, 5.74) is 9.98. The molecule has 2 fully saturated rings. The molecule has 3 aromatic heterocycles. The lowest BCUT2D eigenvalue weighted by Gasteiger charge is -2.43. The summed E-state index contributed by atoms with van der Waals surface area (Å²) in [6, 6.07) is 9.08. The number of aromatic nitrogens is 5. The van der Waals surface area contributed by atoms with E-state index in [0.717, 1.165) is 50.7 Å². The van der Waals surface area contributed by atoms with E-state index in [2.05, 4.69) is 54.3 Å². The zero-order chi connectivity index (χ0) is 28.8. The van der Waals surface area contributed by atoms with E-state index in [1.54, 1.807) is 12.4 Å². The van der Waals surface area contributed by atoms with Crippen molar-refractivity contribution >= 4 is 40.6 Å². The van der Waals surface area contributed by atoms with E-state index in [-0.39, 0.29) is 12.8 Å². The molecular formula is C27H31N9O5. The van der Waals surface area contributed by atoms with Gasteiger partial charge in [0.1, 0.15) is 17.2 Å². The summed E-state index contributed by atoms with van der Waals surface area (Å²) in [5.74, 6) is -1.16. The number of nitrogen functional groups attached to an aromatic ring is 1. The molecule has 0 amide bonds. The fourth-order valence-corrected chi connectivity index (χ4v) is 4.53. The fraction of sp³-hybridized carbons (Fsp3) is 0.333. The Bertz CT molecular complexity index is 1480. The van der Waals surface area contributed by atoms with Crippen molar-refractivity contribution in [3.05, 3.63) is 55.2 Å². The molecule has 0 saturated carbocycles. The number of benzene rings is 1. The largest absolute Gasteiger partial charge is 0.481 e. The minimum Gasteiger partial charge on any atom is -0.481 e. The summed E-state index contributed by atoms with van der Waals surface area (Å²) in [4.78, 5) is 41.9. The third kappa shape index (κ3) is 7.04. The number of carbonyl (C=O) groups is 2. The molecule has 2 aliphatic rings. The van der Waals surface area contributed by atoms with Crippen LogP contribution in [0.1, 0.15) is 12.8 Å². The molecule has 2 aliphatic heterocycles. The number of aliphatic carboxylic acids is 2. The SMILES string of the molecule is Nc1cncc(-c2cn3ccnc3c(Nc3ccc(N4CCN(C5COC5)CC4)cc3)n2)n1.O=C(O)CCC(=O)O. The fourth-order valence-electron chi connectivity index (χ4n) is 4.53. The lowest BCUT2D eigenvalue weighted by Crippen LogP contribution is -2.56. The van der Waals surface area contributed by atoms with Crippen LogP contribution in [0.5, 0.6) is 0 Å². The summed E-state index contributed by atoms with van der Waals surface area (Å²) in [6.45, 7) is 5.98. The molecule has 5 heterocycles. The van der Waals surface area contributed by atoms with Crippen molar-refractivity contribution in [2.45, 2.75) is 18.9 Å². The number of carboxylic acids is 2. The summed E-state index contributed by atoms with van der Waals surface area (Å²) in [7, 11) is 0. The topological polar surface area (TPSA) is 184 Å². The third-order valence-electron chi connectivity index (χ3n) is 6.79. The Hall–Kier alpha value is -4.82. The van der Waals surface area contributed by atoms with Crippen molar-refractivity contribution in [1.82, 2.24) is 29.2 Å². The van der Waals surface area contributed by atoms with E-state index < -0.39 is 11.9 Å². The molecule has 5 N–H and O–H groups in total. The Balaban J connectivity index is 0.000000372. The maximum Gasteiger partial charge on any atom is 0.303 e. The van der Waals surface area contributed by atoms with Gasteiger partial charge < -0.3 is 35.3 Å². The smallest absolute Gasteiger partial charge is 0.303 e. The minimum absolute atomic E-state index is 0.296. The quantitative estimate of drug-likeness (QED) is 0.245. The molecule has 214 valence electrons. The number of anilines is 4. The predicted molar refractivity (Wildman–Crippen MR) is 151 cm³/mol. The van der Waals surface area contributed by atoms with E-state index in [9.17, 15) is 9.59 Å². The van der Waals surface area contributed by atoms with Gasteiger partial charge in [-0.25, -0.2) is 15.0 Å². The number of rotatable bonds is 8. The van der Waals surface area contributed by atoms with Crippen LogP contribution in [0.15, 0.2) is 55.2 Å². The number of imidazole rings is 1. The number of nitrogens with zero attached hydrogens (tertiary/aromatic N) is 7. The van der Waals surface area contributed by atoms with Crippen LogP contribution in [0.3, 0.4) is 0 Å². The monoisotopic (exact) mass is 561 g/mol. The van der Waals surface area contributed by atoms with Gasteiger partial charge in [0, 0.05) is 56.1 Å². The highest BCUT2D eigenvalue weighted by Gasteiger charge is 2.28. The average Bonchev–Trinajstić information content (AvgIpc) is 3.42. The number of piperazine rings is 1. The standard InChI is InChI=1S/C23H25N9O.C4H6O4/c24-21-12-25-11-19(28-21)20-13-32-6-5-26-23(32)22(29-20)27-16-1-3-17(4-2-16)30-7-9-31(10-8-30)18-14-33-15-18;5-3(6)1-2-4(7)8/h1-6,11-13,18H,7-10,14-15H2,(H2,24,28)(H,27,29);1-2H2,(H,5,6)(H,7,8). The van der Waals surface area contributed by atoms with Crippen LogP contribution in [0.4, 0.5) is 23.0 Å². The van der Waals surface area contributed by atoms with E-state index in [0.29, 0.717) is 29.1 Å². The molecule has 14 nitrogen and oxygen atoms in total. The number of nitrogens with two attached hydrogens (primary N) is 1. The molecule has 6 rings (SSSR count). The van der Waals surface area contributed by atoms with Gasteiger partial charge in [-0.05, 0) is 24.3 Å². The number of fused-ring (bicyclic) bond motifs is 1. The predicted octanol–water partition coefficient (Wildman–Crippen LogP) is 1.97. The molecule has 0 atom stereocenters. The van der Waals surface area contributed by atoms with Gasteiger partial charge >= 0.3 is 11.9 Å². The van der Waals surface area contributed by atoms with Crippen molar-refractivity contribution < 1.29 is 24.5 Å². The summed E-state index contributed by atoms with van der Waals surface area (Å²) in [5, 5.41) is 19.2. The first-order chi connectivity index (χ1) is 19.9. The first-order valence-corrected chi connectivity index (χ1v) is 13.1. The second-order valence-corrected chi connectivity index (χ2v) is 9.64. The summed E-state index contributed by atoms with van der Waals surface area (Å²) >= 11 is 0. The first kappa shape index (κ1) is 27.7. The highest BCUT2D eigenvalue weighted by Crippen LogP contribution is 2.26. The van der Waals surface area contributed by atoms with Crippen molar-refractivity contribution in [3.8, 4) is 11.4 Å². The van der Waals surface area contributed by atoms with Crippen LogP contribution in [-0.2, 0) is 14.3 Å². The lowest BCUT2D eigenvalue weighted by atomic mass is 10.1. The van der Waals surface area contributed by atoms with Gasteiger partial charge in [0.25, 0.3) is 0 Å². The van der Waals surface area contributed by atoms with E-state index >= 15 is 0 Å². The van der Waals surface area contributed by atoms with Gasteiger partial charge in [0.15, 0.2) is 11.5 Å². The Morgan fingerprint density at radius 3 is 2.29 bits per heavy atom. The molecule has 0 aliphatic carbocycles. The highest BCUT2D eigenvalue weighted by atomic mass is 16.5. The normalized spacial score (nSPS) is 15.6. The zero-order valence-electron chi connectivity index (χ0n) is 22.3. The minimum atomic E-state index is -1.08. The van der Waals surface area contributed by atoms with Gasteiger partial charge in [0.05, 0.1) is 44.5 Å². The third-order valence-corrected chi connectivity index (χ3v) is 6.79. The number of ether oxygens (including phenoxy) is 1. The lowest BCUT2D eigenvalue weighted by molar-refractivity contribution is -0.143. The van der Waals surface area contributed by atoms with Crippen molar-refractivity contribution in [2.24, 2.45) is 0 Å². The number of nitrogens with one attached hydrogen (secondary N) is 1. The molecule has 14 heteroatoms. The maximum atomic E-state index is 9.64. The van der Waals surface area contributed by atoms with Crippen LogP contribution in [0.2, 0.25) is 0 Å². The molecule has 0 spiro atoms. The Morgan fingerprint density at radius 1 is 0.976 bits per heavy atom. The van der Waals surface area contributed by atoms with Crippen molar-refractivity contribution in [3.63, 3.8) is 0 Å². The maximum absolute atomic E-state index is 9.64. The Kier molecular flexibility index (Phi) is 8.50. The highest BCUT2D eigenvalue weighted by molar-refractivity contribution is 5.75. The van der Waals surface area contributed by atoms with E-state index in [4.69, 9.17) is 25.7 Å². The number of hydrogen-bond acceptors (Lipinski definition) is 11. The molecule has 0 unspecified atom stereocenters. The second kappa shape index (κ2) is 12.6. The van der Waals surface area contributed by atoms with Crippen molar-refractivity contribution in [1.29, 1.82) is 0 Å². The van der Waals surface area contributed by atoms with Gasteiger partial charge in [-0.1, -0.05) is 0 Å². The van der Waals surface area contributed by atoms with Crippen LogP contribution in [0, 0.1) is 0 Å². The van der Waals surface area contributed by atoms with Crippen LogP contribution < -0.4 is 16.0 Å². The molecule has 41 heavy (non-hydrogen) atoms. The molecule has 0 bridgehead atoms. The number of hydrogen-bond donors (Lipinski definition) is 4. The summed E-state index contributed by atoms with van der Waals surface area (Å²) < 4.78 is 7.25. The van der Waals surface area contributed by atoms with Crippen LogP contribution in [-0.4, -0.2) is 96.8 Å². The molecule has 0 radical (unpaired) electrons. The van der Waals surface area contributed by atoms with Crippen LogP contribution >= 0.6 is 0 Å².